The molecule has 3 aromatic carbocycles. The van der Waals surface area contributed by atoms with Gasteiger partial charge in [-0.1, -0.05) is 59.2 Å². The number of nitrogens with one attached hydrogen (secondary N) is 2. The van der Waals surface area contributed by atoms with Gasteiger partial charge in [0.25, 0.3) is 17.6 Å². The van der Waals surface area contributed by atoms with Crippen molar-refractivity contribution in [3.05, 3.63) is 127 Å². The maximum atomic E-state index is 14.6. The third kappa shape index (κ3) is 16.7. The number of methoxy groups -OCH3 is 3. The number of piperidine rings is 1. The van der Waals surface area contributed by atoms with Crippen LogP contribution >= 0.6 is 46.4 Å². The summed E-state index contributed by atoms with van der Waals surface area (Å²) in [6, 6.07) is 7.30. The van der Waals surface area contributed by atoms with Gasteiger partial charge < -0.3 is 68.6 Å². The van der Waals surface area contributed by atoms with Crippen LogP contribution in [0.2, 0.25) is 20.2 Å². The highest BCUT2D eigenvalue weighted by Crippen LogP contribution is 2.46. The summed E-state index contributed by atoms with van der Waals surface area (Å²) in [5.41, 5.74) is 5.05. The minimum absolute atomic E-state index is 0.00459. The normalized spacial score (nSPS) is 23.2. The van der Waals surface area contributed by atoms with E-state index in [1.165, 1.54) is 64.2 Å². The van der Waals surface area contributed by atoms with Gasteiger partial charge in [0.05, 0.1) is 113 Å². The number of nitrogens with zero attached hydrogens (tertiary/aromatic N) is 10. The van der Waals surface area contributed by atoms with Crippen molar-refractivity contribution < 1.29 is 65.3 Å². The van der Waals surface area contributed by atoms with Crippen LogP contribution in [0.3, 0.4) is 0 Å². The fourth-order valence-corrected chi connectivity index (χ4v) is 13.0. The highest BCUT2D eigenvalue weighted by molar-refractivity contribution is 6.34. The Hall–Kier alpha value is -8.33. The van der Waals surface area contributed by atoms with Crippen LogP contribution in [0.25, 0.3) is 14.5 Å². The van der Waals surface area contributed by atoms with E-state index in [4.69, 9.17) is 119 Å². The summed E-state index contributed by atoms with van der Waals surface area (Å²) in [5, 5.41) is 6.13. The molecule has 95 heavy (non-hydrogen) atoms. The Morgan fingerprint density at radius 2 is 0.926 bits per heavy atom. The highest BCUT2D eigenvalue weighted by Gasteiger charge is 2.48. The molecule has 3 aromatic heterocycles. The first-order chi connectivity index (χ1) is 45.8. The van der Waals surface area contributed by atoms with Crippen molar-refractivity contribution in [3.63, 3.8) is 0 Å². The SMILES string of the molecule is COc1c(Cl)ncnc1OC1C2CCCC1COC2.[C-]#[N+]c1cc(F)c(N)c(Cl)c1.[C-]#[N+]c1cc(F)c(Nc2ncnc(OC3C4CCCC3COC4)c2OC)c(Cl)c1.[C-]#[N+]c1cc(F)c(Nc2ncnc(OC3C4COCC3CN(C(=O)OC3(C)CC3)C4)c2OC)c(Cl)c1. The zero-order valence-corrected chi connectivity index (χ0v) is 54.9. The summed E-state index contributed by atoms with van der Waals surface area (Å²) >= 11 is 23.8. The molecule has 0 radical (unpaired) electrons. The number of likely N-dealkylation sites (tertiary alicyclic amines) is 1. The van der Waals surface area contributed by atoms with Crippen molar-refractivity contribution in [2.24, 2.45) is 35.5 Å². The summed E-state index contributed by atoms with van der Waals surface area (Å²) in [4.78, 5) is 48.7. The van der Waals surface area contributed by atoms with E-state index >= 15 is 0 Å². The maximum Gasteiger partial charge on any atom is 0.410 e. The Bertz CT molecular complexity index is 3760. The molecule has 13 rings (SSSR count). The Morgan fingerprint density at radius 1 is 0.558 bits per heavy atom. The van der Waals surface area contributed by atoms with Crippen molar-refractivity contribution in [3.8, 4) is 34.9 Å². The quantitative estimate of drug-likeness (QED) is 0.0520. The van der Waals surface area contributed by atoms with Gasteiger partial charge in [-0.3, -0.25) is 0 Å². The van der Waals surface area contributed by atoms with E-state index in [1.807, 2.05) is 6.92 Å². The standard InChI is InChI=1S/C24H25ClFN5O5.C20H20ClFN4O3.C13H17ClN2O3.C7H4ClFN2/c1-24(4-5-24)36-23(32)31-8-13-10-34-11-14(9-31)19(13)35-22-20(33-3)21(28-12-29-22)30-18-16(25)6-15(27-2)7-17(18)26;1-23-13-6-14(21)16(15(22)7-13)26-19-18(27-2)20(25-10-24-19)29-17-11-4-3-5-12(17)9-28-8-11;1-17-11-12(14)15-7-16-13(11)19-10-8-3-2-4-9(10)6-18-5-8;1-11-4-2-5(8)7(10)6(9)3-4/h6-7,12-14,19H,4-5,8-11H2,1,3H3,(H,28,29,30);6-7,10-12,17H,3-5,8-9H2,2H3,(H,24,25,26);7-10H,2-6H2,1H3;2-3H,10H2. The van der Waals surface area contributed by atoms with Gasteiger partial charge in [-0.25, -0.2) is 47.5 Å². The lowest BCUT2D eigenvalue weighted by Crippen LogP contribution is -2.59. The molecule has 6 atom stereocenters. The maximum absolute atomic E-state index is 14.6. The van der Waals surface area contributed by atoms with Crippen LogP contribution in [0.4, 0.5) is 63.7 Å². The second kappa shape index (κ2) is 31.5. The number of aromatic nitrogens is 6. The molecule has 3 aliphatic carbocycles. The van der Waals surface area contributed by atoms with Crippen LogP contribution < -0.4 is 44.8 Å². The highest BCUT2D eigenvalue weighted by atomic mass is 35.5. The van der Waals surface area contributed by atoms with E-state index in [1.54, 1.807) is 12.0 Å². The Balaban J connectivity index is 0.000000148. The number of halogens is 7. The lowest BCUT2D eigenvalue weighted by Gasteiger charge is -2.46. The molecule has 6 aromatic rings. The fourth-order valence-electron chi connectivity index (χ4n) is 12.1. The minimum Gasteiger partial charge on any atom is -0.489 e. The lowest BCUT2D eigenvalue weighted by atomic mass is 9.77. The number of fused-ring (bicyclic) bond motifs is 6. The molecule has 1 amide bonds. The van der Waals surface area contributed by atoms with Gasteiger partial charge in [0.15, 0.2) is 33.9 Å². The number of carbonyl (C=O) groups is 1. The van der Waals surface area contributed by atoms with Crippen LogP contribution in [-0.2, 0) is 18.9 Å². The number of nitrogens with two attached hydrogens (primary N) is 1. The van der Waals surface area contributed by atoms with Gasteiger partial charge >= 0.3 is 6.09 Å². The average Bonchev–Trinajstić information content (AvgIpc) is 1.64. The molecular formula is C64H66Cl4F3N13O11. The van der Waals surface area contributed by atoms with E-state index in [0.29, 0.717) is 80.7 Å². The third-order valence-electron chi connectivity index (χ3n) is 17.2. The van der Waals surface area contributed by atoms with E-state index in [2.05, 4.69) is 55.1 Å². The summed E-state index contributed by atoms with van der Waals surface area (Å²) in [6.07, 6.45) is 12.1. The molecule has 4 saturated heterocycles. The van der Waals surface area contributed by atoms with E-state index in [0.717, 1.165) is 69.9 Å². The predicted molar refractivity (Wildman–Crippen MR) is 345 cm³/mol. The first-order valence-electron chi connectivity index (χ1n) is 30.3. The monoisotopic (exact) mass is 1390 g/mol. The summed E-state index contributed by atoms with van der Waals surface area (Å²) in [5.74, 6) is 1.42. The fraction of sp³-hybridized carbons (Fsp3) is 0.469. The van der Waals surface area contributed by atoms with Crippen molar-refractivity contribution >= 4 is 98.3 Å². The predicted octanol–water partition coefficient (Wildman–Crippen LogP) is 14.3. The van der Waals surface area contributed by atoms with Crippen LogP contribution in [0, 0.1) is 72.7 Å². The number of hydrogen-bond donors (Lipinski definition) is 3. The van der Waals surface area contributed by atoms with E-state index in [9.17, 15) is 18.0 Å². The lowest BCUT2D eigenvalue weighted by molar-refractivity contribution is -0.112. The Morgan fingerprint density at radius 3 is 1.31 bits per heavy atom. The van der Waals surface area contributed by atoms with Crippen LogP contribution in [0.5, 0.6) is 34.9 Å². The first kappa shape index (κ1) is 69.5. The van der Waals surface area contributed by atoms with Gasteiger partial charge in [-0.2, -0.15) is 15.0 Å². The summed E-state index contributed by atoms with van der Waals surface area (Å²) in [6.45, 7) is 27.2. The molecule has 7 heterocycles. The third-order valence-corrected chi connectivity index (χ3v) is 18.3. The summed E-state index contributed by atoms with van der Waals surface area (Å²) in [7, 11) is 4.45. The van der Waals surface area contributed by atoms with Crippen LogP contribution in [0.15, 0.2) is 55.4 Å². The number of benzene rings is 3. The molecule has 4 aliphatic heterocycles. The first-order valence-corrected chi connectivity index (χ1v) is 31.8. The van der Waals surface area contributed by atoms with Gasteiger partial charge in [-0.15, -0.1) is 0 Å². The van der Waals surface area contributed by atoms with Gasteiger partial charge in [0, 0.05) is 48.6 Å². The second-order valence-corrected chi connectivity index (χ2v) is 25.2. The molecule has 502 valence electrons. The van der Waals surface area contributed by atoms with Crippen molar-refractivity contribution in [2.75, 3.05) is 90.4 Å². The number of amides is 1. The van der Waals surface area contributed by atoms with Crippen LogP contribution in [-0.4, -0.2) is 139 Å². The molecule has 24 nitrogen and oxygen atoms in total. The zero-order chi connectivity index (χ0) is 67.5. The molecule has 6 bridgehead atoms. The van der Waals surface area contributed by atoms with Crippen molar-refractivity contribution in [1.82, 2.24) is 34.8 Å². The Labute approximate surface area is 565 Å². The Kier molecular flexibility index (Phi) is 23.0. The number of nitrogen functional groups attached to an aromatic ring is 1. The molecule has 4 N–H and O–H groups in total. The zero-order valence-electron chi connectivity index (χ0n) is 51.9. The molecular weight excluding hydrogens is 1330 g/mol. The number of carbonyl (C=O) groups excluding carboxylic acids is 1. The number of anilines is 5. The van der Waals surface area contributed by atoms with Crippen molar-refractivity contribution in [2.45, 2.75) is 82.2 Å². The number of hydrogen-bond acceptors (Lipinski definition) is 20. The molecule has 6 unspecified atom stereocenters. The van der Waals surface area contributed by atoms with E-state index < -0.39 is 17.5 Å². The number of ether oxygens (including phenoxy) is 10. The van der Waals surface area contributed by atoms with Crippen molar-refractivity contribution in [1.29, 1.82) is 0 Å². The second-order valence-electron chi connectivity index (χ2n) is 23.6. The smallest absolute Gasteiger partial charge is 0.410 e. The molecule has 7 aliphatic rings. The minimum atomic E-state index is -0.706. The molecule has 7 fully saturated rings. The van der Waals surface area contributed by atoms with Gasteiger partial charge in [0.2, 0.25) is 17.2 Å². The average molecular weight is 1390 g/mol. The number of rotatable bonds is 14. The molecule has 3 saturated carbocycles. The van der Waals surface area contributed by atoms with Gasteiger partial charge in [0.1, 0.15) is 60.3 Å². The molecule has 31 heteroatoms. The van der Waals surface area contributed by atoms with Crippen LogP contribution in [0.1, 0.15) is 58.3 Å². The van der Waals surface area contributed by atoms with E-state index in [-0.39, 0.29) is 125 Å². The molecule has 0 spiro atoms. The summed E-state index contributed by atoms with van der Waals surface area (Å²) < 4.78 is 99.3. The topological polar surface area (TPSA) is 253 Å². The largest absolute Gasteiger partial charge is 0.489 e. The van der Waals surface area contributed by atoms with Gasteiger partial charge in [-0.05, 0) is 81.8 Å².